The number of nitrogens with one attached hydrogen (secondary N) is 3. The summed E-state index contributed by atoms with van der Waals surface area (Å²) in [7, 11) is 1.64. The fraction of sp³-hybridized carbons (Fsp3) is 0.348. The number of methoxy groups -OCH3 is 1. The number of aromatic amines is 1. The Kier molecular flexibility index (Phi) is 6.18. The van der Waals surface area contributed by atoms with E-state index in [2.05, 4.69) is 10.4 Å². The van der Waals surface area contributed by atoms with E-state index in [1.807, 2.05) is 24.3 Å². The second-order valence-electron chi connectivity index (χ2n) is 7.87. The summed E-state index contributed by atoms with van der Waals surface area (Å²) in [5.74, 6) is 0.479. The maximum Gasteiger partial charge on any atom is 0.273 e. The molecular weight excluding hydrogens is 396 g/mol. The molecule has 1 saturated heterocycles. The molecule has 4 rings (SSSR count). The van der Waals surface area contributed by atoms with Crippen LogP contribution >= 0.6 is 0 Å². The van der Waals surface area contributed by atoms with Gasteiger partial charge in [-0.05, 0) is 36.4 Å². The number of hydrogen-bond acceptors (Lipinski definition) is 4. The summed E-state index contributed by atoms with van der Waals surface area (Å²) in [6.07, 6.45) is 2.34. The average Bonchev–Trinajstić information content (AvgIpc) is 3.32. The number of carbonyl (C=O) groups is 1. The fourth-order valence-corrected chi connectivity index (χ4v) is 4.29. The zero-order valence-electron chi connectivity index (χ0n) is 17.5. The molecule has 8 nitrogen and oxygen atoms in total. The Morgan fingerprint density at radius 2 is 1.77 bits per heavy atom. The Morgan fingerprint density at radius 1 is 1.10 bits per heavy atom. The molecule has 0 unspecified atom stereocenters. The van der Waals surface area contributed by atoms with Crippen LogP contribution in [0.2, 0.25) is 0 Å². The van der Waals surface area contributed by atoms with Gasteiger partial charge in [0.2, 0.25) is 5.91 Å². The molecule has 3 aromatic rings. The molecule has 162 valence electrons. The van der Waals surface area contributed by atoms with Crippen LogP contribution in [0.3, 0.4) is 0 Å². The van der Waals surface area contributed by atoms with Gasteiger partial charge in [-0.15, -0.1) is 0 Å². The van der Waals surface area contributed by atoms with Crippen LogP contribution < -0.4 is 26.1 Å². The van der Waals surface area contributed by atoms with Gasteiger partial charge in [0.1, 0.15) is 18.3 Å². The number of ether oxygens (including phenoxy) is 1. The average molecular weight is 423 g/mol. The number of quaternary nitrogens is 1. The molecule has 8 heteroatoms. The van der Waals surface area contributed by atoms with Crippen molar-refractivity contribution in [2.24, 2.45) is 0 Å². The van der Waals surface area contributed by atoms with Crippen molar-refractivity contribution >= 4 is 16.7 Å². The van der Waals surface area contributed by atoms with E-state index < -0.39 is 0 Å². The van der Waals surface area contributed by atoms with Gasteiger partial charge < -0.3 is 15.0 Å². The van der Waals surface area contributed by atoms with Crippen LogP contribution in [-0.4, -0.2) is 42.4 Å². The first kappa shape index (κ1) is 20.9. The van der Waals surface area contributed by atoms with Crippen molar-refractivity contribution in [1.82, 2.24) is 15.1 Å². The van der Waals surface area contributed by atoms with Gasteiger partial charge in [0.05, 0.1) is 37.5 Å². The van der Waals surface area contributed by atoms with Gasteiger partial charge in [0, 0.05) is 18.4 Å². The SMILES string of the molecule is COc1ccc([C@@H](CNC(=O)Cn2[nH]c(=O)c3ccccc3c2=O)[NH+]2CCCC2)cc1. The summed E-state index contributed by atoms with van der Waals surface area (Å²) in [6.45, 7) is 2.34. The van der Waals surface area contributed by atoms with E-state index in [0.29, 0.717) is 17.3 Å². The van der Waals surface area contributed by atoms with Gasteiger partial charge in [-0.25, -0.2) is 4.68 Å². The molecule has 3 N–H and O–H groups in total. The molecule has 1 aliphatic rings. The number of carbonyl (C=O) groups excluding carboxylic acids is 1. The van der Waals surface area contributed by atoms with E-state index >= 15 is 0 Å². The molecule has 1 atom stereocenters. The van der Waals surface area contributed by atoms with Crippen molar-refractivity contribution in [2.45, 2.75) is 25.4 Å². The maximum atomic E-state index is 12.6. The fourth-order valence-electron chi connectivity index (χ4n) is 4.29. The molecule has 0 bridgehead atoms. The van der Waals surface area contributed by atoms with Crippen molar-refractivity contribution in [3.05, 3.63) is 74.8 Å². The first-order chi connectivity index (χ1) is 15.1. The van der Waals surface area contributed by atoms with Crippen LogP contribution in [0.4, 0.5) is 0 Å². The third-order valence-electron chi connectivity index (χ3n) is 5.95. The van der Waals surface area contributed by atoms with Gasteiger partial charge in [-0.3, -0.25) is 19.5 Å². The Labute approximate surface area is 179 Å². The largest absolute Gasteiger partial charge is 0.497 e. The van der Waals surface area contributed by atoms with E-state index in [4.69, 9.17) is 4.74 Å². The van der Waals surface area contributed by atoms with E-state index in [0.717, 1.165) is 29.1 Å². The van der Waals surface area contributed by atoms with Crippen molar-refractivity contribution in [3.8, 4) is 5.75 Å². The normalized spacial score (nSPS) is 15.1. The predicted molar refractivity (Wildman–Crippen MR) is 118 cm³/mol. The van der Waals surface area contributed by atoms with Gasteiger partial charge >= 0.3 is 0 Å². The number of fused-ring (bicyclic) bond motifs is 1. The summed E-state index contributed by atoms with van der Waals surface area (Å²) < 4.78 is 6.33. The second-order valence-corrected chi connectivity index (χ2v) is 7.87. The highest BCUT2D eigenvalue weighted by Crippen LogP contribution is 2.16. The molecule has 1 amide bonds. The lowest BCUT2D eigenvalue weighted by Crippen LogP contribution is -3.11. The smallest absolute Gasteiger partial charge is 0.273 e. The van der Waals surface area contributed by atoms with Crippen LogP contribution in [0.15, 0.2) is 58.1 Å². The van der Waals surface area contributed by atoms with E-state index in [9.17, 15) is 14.4 Å². The number of hydrogen-bond donors (Lipinski definition) is 3. The minimum absolute atomic E-state index is 0.115. The first-order valence-electron chi connectivity index (χ1n) is 10.5. The number of H-pyrrole nitrogens is 1. The maximum absolute atomic E-state index is 12.6. The van der Waals surface area contributed by atoms with Crippen molar-refractivity contribution in [2.75, 3.05) is 26.7 Å². The summed E-state index contributed by atoms with van der Waals surface area (Å²) in [4.78, 5) is 39.0. The van der Waals surface area contributed by atoms with Crippen molar-refractivity contribution in [3.63, 3.8) is 0 Å². The van der Waals surface area contributed by atoms with Gasteiger partial charge in [-0.1, -0.05) is 12.1 Å². The quantitative estimate of drug-likeness (QED) is 0.507. The standard InChI is InChI=1S/C23H26N4O4/c1-31-17-10-8-16(9-11-17)20(26-12-4-5-13-26)14-24-21(28)15-27-23(30)19-7-3-2-6-18(19)22(29)25-27/h2-3,6-11,20H,4-5,12-15H2,1H3,(H,24,28)(H,25,29)/p+1/t20-/m1/s1. The number of amides is 1. The van der Waals surface area contributed by atoms with Gasteiger partial charge in [-0.2, -0.15) is 0 Å². The molecule has 31 heavy (non-hydrogen) atoms. The van der Waals surface area contributed by atoms with Gasteiger partial charge in [0.15, 0.2) is 0 Å². The van der Waals surface area contributed by atoms with E-state index in [1.165, 1.54) is 17.7 Å². The molecule has 2 heterocycles. The minimum atomic E-state index is -0.388. The molecule has 1 aliphatic heterocycles. The monoisotopic (exact) mass is 423 g/mol. The Hall–Kier alpha value is -3.39. The van der Waals surface area contributed by atoms with Crippen molar-refractivity contribution < 1.29 is 14.4 Å². The number of nitrogens with zero attached hydrogens (tertiary/aromatic N) is 1. The molecule has 0 radical (unpaired) electrons. The van der Waals surface area contributed by atoms with Gasteiger partial charge in [0.25, 0.3) is 11.1 Å². The number of aromatic nitrogens is 2. The molecular formula is C23H27N4O4+. The lowest BCUT2D eigenvalue weighted by atomic mass is 10.1. The van der Waals surface area contributed by atoms with Crippen LogP contribution in [0.1, 0.15) is 24.4 Å². The highest BCUT2D eigenvalue weighted by molar-refractivity contribution is 5.81. The molecule has 0 spiro atoms. The molecule has 1 aromatic heterocycles. The predicted octanol–water partition coefficient (Wildman–Crippen LogP) is 0.235. The Balaban J connectivity index is 1.49. The highest BCUT2D eigenvalue weighted by Gasteiger charge is 2.28. The third-order valence-corrected chi connectivity index (χ3v) is 5.95. The van der Waals surface area contributed by atoms with E-state index in [1.54, 1.807) is 31.4 Å². The van der Waals surface area contributed by atoms with Crippen LogP contribution in [-0.2, 0) is 11.3 Å². The zero-order chi connectivity index (χ0) is 21.8. The summed E-state index contributed by atoms with van der Waals surface area (Å²) in [5.41, 5.74) is 0.358. The number of benzene rings is 2. The second kappa shape index (κ2) is 9.18. The van der Waals surface area contributed by atoms with Crippen molar-refractivity contribution in [1.29, 1.82) is 0 Å². The van der Waals surface area contributed by atoms with Crippen LogP contribution in [0.25, 0.3) is 10.8 Å². The minimum Gasteiger partial charge on any atom is -0.497 e. The third kappa shape index (κ3) is 4.54. The highest BCUT2D eigenvalue weighted by atomic mass is 16.5. The first-order valence-corrected chi connectivity index (χ1v) is 10.5. The molecule has 0 saturated carbocycles. The lowest BCUT2D eigenvalue weighted by Gasteiger charge is -2.25. The lowest BCUT2D eigenvalue weighted by molar-refractivity contribution is -0.918. The topological polar surface area (TPSA) is 97.6 Å². The Morgan fingerprint density at radius 3 is 2.45 bits per heavy atom. The van der Waals surface area contributed by atoms with Crippen LogP contribution in [0, 0.1) is 0 Å². The van der Waals surface area contributed by atoms with E-state index in [-0.39, 0.29) is 29.6 Å². The Bertz CT molecular complexity index is 1180. The number of rotatable bonds is 7. The molecule has 2 aromatic carbocycles. The van der Waals surface area contributed by atoms with Crippen LogP contribution in [0.5, 0.6) is 5.75 Å². The number of likely N-dealkylation sites (tertiary alicyclic amines) is 1. The summed E-state index contributed by atoms with van der Waals surface area (Å²) >= 11 is 0. The summed E-state index contributed by atoms with van der Waals surface area (Å²) in [5, 5.41) is 6.09. The summed E-state index contributed by atoms with van der Waals surface area (Å²) in [6, 6.07) is 14.6. The molecule has 0 aliphatic carbocycles. The molecule has 1 fully saturated rings. The zero-order valence-corrected chi connectivity index (χ0v) is 17.5.